The molecule has 3 nitrogen and oxygen atoms in total. The second-order valence-corrected chi connectivity index (χ2v) is 8.18. The van der Waals surface area contributed by atoms with Gasteiger partial charge in [0, 0.05) is 18.8 Å². The van der Waals surface area contributed by atoms with Crippen molar-refractivity contribution in [2.24, 2.45) is 4.74 Å². The lowest BCUT2D eigenvalue weighted by Gasteiger charge is -2.37. The Labute approximate surface area is 77.8 Å². The first-order valence-corrected chi connectivity index (χ1v) is 7.63. The normalized spacial score (nSPS) is 38.1. The predicted molar refractivity (Wildman–Crippen MR) is 54.5 cm³/mol. The van der Waals surface area contributed by atoms with E-state index >= 15 is 0 Å². The first-order valence-electron chi connectivity index (χ1n) is 4.42. The summed E-state index contributed by atoms with van der Waals surface area (Å²) < 4.78 is 12.9. The molecule has 2 aliphatic rings. The third-order valence-corrected chi connectivity index (χ3v) is 8.16. The third kappa shape index (κ3) is 1.58. The van der Waals surface area contributed by atoms with Crippen LogP contribution in [-0.2, 0) is 4.52 Å². The van der Waals surface area contributed by atoms with Crippen LogP contribution in [0.5, 0.6) is 0 Å². The second-order valence-electron chi connectivity index (χ2n) is 3.11. The highest BCUT2D eigenvalue weighted by molar-refractivity contribution is 8.56. The van der Waals surface area contributed by atoms with Gasteiger partial charge in [0.25, 0.3) is 0 Å². The highest BCUT2D eigenvalue weighted by atomic mass is 32.7. The van der Waals surface area contributed by atoms with Crippen molar-refractivity contribution in [3.05, 3.63) is 0 Å². The van der Waals surface area contributed by atoms with E-state index in [2.05, 4.69) is 16.5 Å². The van der Waals surface area contributed by atoms with Crippen molar-refractivity contribution in [3.63, 3.8) is 0 Å². The molecule has 2 heterocycles. The SMILES string of the molecule is CN1CCCSP12=NCCCO2. The van der Waals surface area contributed by atoms with E-state index in [0.29, 0.717) is 0 Å². The van der Waals surface area contributed by atoms with Crippen molar-refractivity contribution >= 4 is 18.0 Å². The Kier molecular flexibility index (Phi) is 2.80. The van der Waals surface area contributed by atoms with Crippen LogP contribution >= 0.6 is 18.0 Å². The first-order chi connectivity index (χ1) is 5.83. The van der Waals surface area contributed by atoms with E-state index in [1.165, 1.54) is 12.2 Å². The molecule has 2 aliphatic heterocycles. The number of hydrogen-bond donors (Lipinski definition) is 0. The molecule has 70 valence electrons. The van der Waals surface area contributed by atoms with Gasteiger partial charge in [-0.1, -0.05) is 11.4 Å². The molecule has 0 amide bonds. The van der Waals surface area contributed by atoms with Gasteiger partial charge in [-0.3, -0.25) is 4.74 Å². The molecule has 1 atom stereocenters. The number of hydrogen-bond acceptors (Lipinski definition) is 4. The monoisotopic (exact) mass is 206 g/mol. The minimum atomic E-state index is -1.50. The average Bonchev–Trinajstić information content (AvgIpc) is 2.12. The van der Waals surface area contributed by atoms with E-state index in [0.717, 1.165) is 26.1 Å². The summed E-state index contributed by atoms with van der Waals surface area (Å²) in [6.07, 6.45) is 2.39. The van der Waals surface area contributed by atoms with Crippen molar-refractivity contribution in [1.29, 1.82) is 0 Å². The molecule has 0 aromatic heterocycles. The van der Waals surface area contributed by atoms with Crippen LogP contribution in [0.2, 0.25) is 0 Å². The van der Waals surface area contributed by atoms with Crippen LogP contribution in [0.3, 0.4) is 0 Å². The number of nitrogens with zero attached hydrogens (tertiary/aromatic N) is 2. The molecule has 0 aromatic rings. The topological polar surface area (TPSA) is 24.8 Å². The van der Waals surface area contributed by atoms with Gasteiger partial charge in [0.1, 0.15) is 0 Å². The van der Waals surface area contributed by atoms with Gasteiger partial charge in [0.2, 0.25) is 6.63 Å². The summed E-state index contributed by atoms with van der Waals surface area (Å²) in [6.45, 7) is 1.57. The summed E-state index contributed by atoms with van der Waals surface area (Å²) >= 11 is 1.94. The zero-order valence-corrected chi connectivity index (χ0v) is 9.11. The Bertz CT molecular complexity index is 221. The summed E-state index contributed by atoms with van der Waals surface area (Å²) in [6, 6.07) is 0. The smallest absolute Gasteiger partial charge is 0.211 e. The van der Waals surface area contributed by atoms with Gasteiger partial charge in [0.15, 0.2) is 0 Å². The molecular formula is C7H15N2OPS. The molecule has 12 heavy (non-hydrogen) atoms. The Morgan fingerprint density at radius 1 is 1.50 bits per heavy atom. The zero-order chi connectivity index (χ0) is 8.44. The summed E-state index contributed by atoms with van der Waals surface area (Å²) in [5.74, 6) is 1.22. The third-order valence-electron chi connectivity index (χ3n) is 2.16. The fraction of sp³-hybridized carbons (Fsp3) is 1.00. The molecule has 0 aromatic carbocycles. The quantitative estimate of drug-likeness (QED) is 0.569. The van der Waals surface area contributed by atoms with Gasteiger partial charge in [-0.2, -0.15) is 0 Å². The van der Waals surface area contributed by atoms with Crippen LogP contribution in [-0.4, -0.2) is 37.2 Å². The molecule has 1 fully saturated rings. The van der Waals surface area contributed by atoms with Gasteiger partial charge in [0.05, 0.1) is 6.61 Å². The van der Waals surface area contributed by atoms with Gasteiger partial charge in [-0.25, -0.2) is 4.67 Å². The van der Waals surface area contributed by atoms with Gasteiger partial charge in [-0.05, 0) is 19.9 Å². The molecule has 5 heteroatoms. The molecule has 0 saturated carbocycles. The molecule has 1 unspecified atom stereocenters. The van der Waals surface area contributed by atoms with Crippen LogP contribution in [0, 0.1) is 0 Å². The van der Waals surface area contributed by atoms with Gasteiger partial charge >= 0.3 is 0 Å². The lowest BCUT2D eigenvalue weighted by Crippen LogP contribution is -2.23. The van der Waals surface area contributed by atoms with Gasteiger partial charge in [-0.15, -0.1) is 0 Å². The van der Waals surface area contributed by atoms with Crippen molar-refractivity contribution in [2.75, 3.05) is 32.5 Å². The lowest BCUT2D eigenvalue weighted by atomic mass is 10.5. The molecule has 0 radical (unpaired) electrons. The Morgan fingerprint density at radius 3 is 3.08 bits per heavy atom. The number of rotatable bonds is 0. The van der Waals surface area contributed by atoms with Gasteiger partial charge < -0.3 is 4.52 Å². The Balaban J connectivity index is 2.20. The molecule has 1 saturated heterocycles. The maximum atomic E-state index is 5.85. The highest BCUT2D eigenvalue weighted by Crippen LogP contribution is 2.67. The fourth-order valence-corrected chi connectivity index (χ4v) is 6.85. The average molecular weight is 206 g/mol. The lowest BCUT2D eigenvalue weighted by molar-refractivity contribution is 0.300. The summed E-state index contributed by atoms with van der Waals surface area (Å²) in [5.41, 5.74) is 0. The summed E-state index contributed by atoms with van der Waals surface area (Å²) in [7, 11) is 2.15. The van der Waals surface area contributed by atoms with Crippen LogP contribution in [0.1, 0.15) is 12.8 Å². The molecular weight excluding hydrogens is 191 g/mol. The van der Waals surface area contributed by atoms with Crippen molar-refractivity contribution < 1.29 is 4.52 Å². The van der Waals surface area contributed by atoms with Crippen molar-refractivity contribution in [3.8, 4) is 0 Å². The zero-order valence-electron chi connectivity index (χ0n) is 7.40. The van der Waals surface area contributed by atoms with E-state index < -0.39 is 6.63 Å². The maximum absolute atomic E-state index is 5.85. The van der Waals surface area contributed by atoms with Crippen molar-refractivity contribution in [2.45, 2.75) is 12.8 Å². The van der Waals surface area contributed by atoms with Crippen molar-refractivity contribution in [1.82, 2.24) is 4.67 Å². The molecule has 2 rings (SSSR count). The van der Waals surface area contributed by atoms with E-state index in [4.69, 9.17) is 4.52 Å². The van der Waals surface area contributed by atoms with Crippen LogP contribution in [0.4, 0.5) is 0 Å². The Hall–Kier alpha value is 0.500. The second kappa shape index (κ2) is 3.70. The van der Waals surface area contributed by atoms with Crippen LogP contribution < -0.4 is 0 Å². The standard InChI is InChI=1S/C7H15N2OPS/c1-9-5-3-7-12-11(9)8-4-2-6-10-11/h2-7H2,1H3. The van der Waals surface area contributed by atoms with E-state index in [1.54, 1.807) is 0 Å². The fourth-order valence-electron chi connectivity index (χ4n) is 1.47. The molecule has 0 N–H and O–H groups in total. The Morgan fingerprint density at radius 2 is 2.42 bits per heavy atom. The maximum Gasteiger partial charge on any atom is 0.211 e. The van der Waals surface area contributed by atoms with E-state index in [1.807, 2.05) is 11.4 Å². The summed E-state index contributed by atoms with van der Waals surface area (Å²) in [5, 5.41) is 0. The minimum absolute atomic E-state index is 0.911. The van der Waals surface area contributed by atoms with E-state index in [9.17, 15) is 0 Å². The predicted octanol–water partition coefficient (Wildman–Crippen LogP) is 2.42. The minimum Gasteiger partial charge on any atom is -0.325 e. The molecule has 0 bridgehead atoms. The largest absolute Gasteiger partial charge is 0.325 e. The van der Waals surface area contributed by atoms with E-state index in [-0.39, 0.29) is 0 Å². The van der Waals surface area contributed by atoms with Crippen LogP contribution in [0.25, 0.3) is 0 Å². The highest BCUT2D eigenvalue weighted by Gasteiger charge is 2.31. The van der Waals surface area contributed by atoms with Crippen LogP contribution in [0.15, 0.2) is 4.74 Å². The molecule has 1 spiro atoms. The first kappa shape index (κ1) is 9.07. The summed E-state index contributed by atoms with van der Waals surface area (Å²) in [4.78, 5) is 0. The molecule has 0 aliphatic carbocycles.